The molecule has 1 heterocycles. The Balaban J connectivity index is 2.02. The predicted octanol–water partition coefficient (Wildman–Crippen LogP) is 3.34. The summed E-state index contributed by atoms with van der Waals surface area (Å²) in [6.07, 6.45) is 0. The molecule has 130 valence electrons. The summed E-state index contributed by atoms with van der Waals surface area (Å²) in [5, 5.41) is 10.7. The molecule has 0 radical (unpaired) electrons. The number of carbonyl (C=O) groups excluding carboxylic acids is 1. The highest BCUT2D eigenvalue weighted by Crippen LogP contribution is 2.47. The number of likely N-dealkylation sites (N-methyl/N-ethyl adjacent to an activating group) is 1. The first kappa shape index (κ1) is 17.4. The van der Waals surface area contributed by atoms with E-state index in [1.54, 1.807) is 17.0 Å². The normalized spacial score (nSPS) is 16.8. The van der Waals surface area contributed by atoms with E-state index in [0.717, 1.165) is 16.1 Å². The van der Waals surface area contributed by atoms with Gasteiger partial charge in [0.25, 0.3) is 5.69 Å². The molecule has 1 atom stereocenters. The van der Waals surface area contributed by atoms with Crippen LogP contribution in [-0.2, 0) is 4.79 Å². The first-order valence-corrected chi connectivity index (χ1v) is 8.81. The lowest BCUT2D eigenvalue weighted by molar-refractivity contribution is -0.385. The fourth-order valence-corrected chi connectivity index (χ4v) is 4.00. The van der Waals surface area contributed by atoms with Crippen molar-refractivity contribution >= 4 is 29.0 Å². The standard InChI is InChI=1S/C18H19N3O3S/c1-19(2)10-11-20-15-9-8-14(21(23)24)12-16(15)25-17(18(20)22)13-6-4-3-5-7-13/h3-9,12,17H,10-11H2,1-2H3. The van der Waals surface area contributed by atoms with Crippen LogP contribution in [0.15, 0.2) is 53.4 Å². The summed E-state index contributed by atoms with van der Waals surface area (Å²) in [6.45, 7) is 1.26. The van der Waals surface area contributed by atoms with E-state index in [-0.39, 0.29) is 11.6 Å². The van der Waals surface area contributed by atoms with Crippen molar-refractivity contribution in [1.29, 1.82) is 0 Å². The Kier molecular flexibility index (Phi) is 5.06. The fourth-order valence-electron chi connectivity index (χ4n) is 2.74. The molecular formula is C18H19N3O3S. The predicted molar refractivity (Wildman–Crippen MR) is 99.0 cm³/mol. The number of amides is 1. The van der Waals surface area contributed by atoms with Crippen LogP contribution in [0.4, 0.5) is 11.4 Å². The molecule has 0 saturated carbocycles. The quantitative estimate of drug-likeness (QED) is 0.606. The second kappa shape index (κ2) is 7.25. The van der Waals surface area contributed by atoms with Crippen LogP contribution in [0.3, 0.4) is 0 Å². The summed E-state index contributed by atoms with van der Waals surface area (Å²) >= 11 is 1.38. The zero-order valence-electron chi connectivity index (χ0n) is 14.1. The number of non-ortho nitro benzene ring substituents is 1. The number of nitro groups is 1. The average Bonchev–Trinajstić information content (AvgIpc) is 2.60. The van der Waals surface area contributed by atoms with Gasteiger partial charge in [-0.25, -0.2) is 0 Å². The number of thioether (sulfide) groups is 1. The molecule has 25 heavy (non-hydrogen) atoms. The smallest absolute Gasteiger partial charge is 0.270 e. The van der Waals surface area contributed by atoms with Crippen LogP contribution in [0.25, 0.3) is 0 Å². The molecule has 1 unspecified atom stereocenters. The van der Waals surface area contributed by atoms with Gasteiger partial charge in [0.15, 0.2) is 0 Å². The minimum Gasteiger partial charge on any atom is -0.309 e. The van der Waals surface area contributed by atoms with E-state index < -0.39 is 10.2 Å². The van der Waals surface area contributed by atoms with Crippen molar-refractivity contribution in [3.63, 3.8) is 0 Å². The Morgan fingerprint density at radius 3 is 2.56 bits per heavy atom. The fraction of sp³-hybridized carbons (Fsp3) is 0.278. The maximum absolute atomic E-state index is 13.1. The van der Waals surface area contributed by atoms with Crippen LogP contribution in [0.2, 0.25) is 0 Å². The lowest BCUT2D eigenvalue weighted by atomic mass is 10.1. The van der Waals surface area contributed by atoms with E-state index >= 15 is 0 Å². The highest BCUT2D eigenvalue weighted by Gasteiger charge is 2.35. The molecule has 3 rings (SSSR count). The first-order chi connectivity index (χ1) is 12.0. The summed E-state index contributed by atoms with van der Waals surface area (Å²) in [7, 11) is 3.91. The molecule has 0 spiro atoms. The summed E-state index contributed by atoms with van der Waals surface area (Å²) in [5.41, 5.74) is 1.69. The zero-order chi connectivity index (χ0) is 18.0. The van der Waals surface area contributed by atoms with Gasteiger partial charge in [0.2, 0.25) is 5.91 Å². The number of carbonyl (C=O) groups is 1. The number of rotatable bonds is 5. The lowest BCUT2D eigenvalue weighted by Crippen LogP contribution is -2.41. The van der Waals surface area contributed by atoms with Crippen LogP contribution in [-0.4, -0.2) is 42.9 Å². The van der Waals surface area contributed by atoms with Crippen LogP contribution in [0.1, 0.15) is 10.8 Å². The van der Waals surface area contributed by atoms with Crippen LogP contribution in [0, 0.1) is 10.1 Å². The number of hydrogen-bond acceptors (Lipinski definition) is 5. The van der Waals surface area contributed by atoms with Crippen molar-refractivity contribution in [1.82, 2.24) is 4.90 Å². The third-order valence-electron chi connectivity index (χ3n) is 4.05. The minimum absolute atomic E-state index is 0.0133. The SMILES string of the molecule is CN(C)CCN1C(=O)C(c2ccccc2)Sc2cc([N+](=O)[O-])ccc21. The number of nitrogens with zero attached hydrogens (tertiary/aromatic N) is 3. The van der Waals surface area contributed by atoms with Crippen molar-refractivity contribution in [3.8, 4) is 0 Å². The molecule has 7 heteroatoms. The van der Waals surface area contributed by atoms with Crippen LogP contribution in [0.5, 0.6) is 0 Å². The van der Waals surface area contributed by atoms with Gasteiger partial charge in [0.1, 0.15) is 5.25 Å². The molecule has 1 aliphatic rings. The molecular weight excluding hydrogens is 338 g/mol. The van der Waals surface area contributed by atoms with E-state index in [0.29, 0.717) is 13.1 Å². The largest absolute Gasteiger partial charge is 0.309 e. The summed E-state index contributed by atoms with van der Waals surface area (Å²) in [5.74, 6) is 0.0133. The Morgan fingerprint density at radius 1 is 1.20 bits per heavy atom. The number of nitro benzene ring substituents is 1. The van der Waals surface area contributed by atoms with Crippen molar-refractivity contribution in [2.24, 2.45) is 0 Å². The maximum Gasteiger partial charge on any atom is 0.270 e. The van der Waals surface area contributed by atoms with E-state index in [1.807, 2.05) is 49.3 Å². The molecule has 0 aliphatic carbocycles. The van der Waals surface area contributed by atoms with E-state index in [1.165, 1.54) is 17.8 Å². The molecule has 6 nitrogen and oxygen atoms in total. The van der Waals surface area contributed by atoms with Gasteiger partial charge in [-0.05, 0) is 25.7 Å². The van der Waals surface area contributed by atoms with E-state index in [4.69, 9.17) is 0 Å². The third kappa shape index (κ3) is 3.67. The number of benzene rings is 2. The van der Waals surface area contributed by atoms with Gasteiger partial charge >= 0.3 is 0 Å². The third-order valence-corrected chi connectivity index (χ3v) is 5.34. The number of hydrogen-bond donors (Lipinski definition) is 0. The van der Waals surface area contributed by atoms with Crippen molar-refractivity contribution in [3.05, 3.63) is 64.2 Å². The Hall–Kier alpha value is -2.38. The number of fused-ring (bicyclic) bond motifs is 1. The van der Waals surface area contributed by atoms with Crippen molar-refractivity contribution < 1.29 is 9.72 Å². The van der Waals surface area contributed by atoms with Gasteiger partial charge < -0.3 is 9.80 Å². The highest BCUT2D eigenvalue weighted by atomic mass is 32.2. The molecule has 2 aromatic carbocycles. The second-order valence-corrected chi connectivity index (χ2v) is 7.26. The van der Waals surface area contributed by atoms with Crippen molar-refractivity contribution in [2.75, 3.05) is 32.1 Å². The molecule has 2 aromatic rings. The Labute approximate surface area is 150 Å². The molecule has 1 amide bonds. The first-order valence-electron chi connectivity index (χ1n) is 7.93. The molecule has 1 aliphatic heterocycles. The van der Waals surface area contributed by atoms with E-state index in [9.17, 15) is 14.9 Å². The number of anilines is 1. The molecule has 0 N–H and O–H groups in total. The van der Waals surface area contributed by atoms with E-state index in [2.05, 4.69) is 0 Å². The van der Waals surface area contributed by atoms with Crippen LogP contribution < -0.4 is 4.90 Å². The highest BCUT2D eigenvalue weighted by molar-refractivity contribution is 8.00. The van der Waals surface area contributed by atoms with Gasteiger partial charge in [-0.1, -0.05) is 30.3 Å². The molecule has 0 fully saturated rings. The second-order valence-electron chi connectivity index (χ2n) is 6.11. The van der Waals surface area contributed by atoms with Crippen molar-refractivity contribution in [2.45, 2.75) is 10.1 Å². The van der Waals surface area contributed by atoms with Gasteiger partial charge in [-0.15, -0.1) is 11.8 Å². The van der Waals surface area contributed by atoms with Gasteiger partial charge in [0, 0.05) is 30.1 Å². The minimum atomic E-state index is -0.404. The lowest BCUT2D eigenvalue weighted by Gasteiger charge is -2.34. The van der Waals surface area contributed by atoms with Gasteiger partial charge in [-0.2, -0.15) is 0 Å². The van der Waals surface area contributed by atoms with Crippen LogP contribution >= 0.6 is 11.8 Å². The summed E-state index contributed by atoms with van der Waals surface area (Å²) < 4.78 is 0. The molecule has 0 saturated heterocycles. The topological polar surface area (TPSA) is 66.7 Å². The maximum atomic E-state index is 13.1. The molecule has 0 bridgehead atoms. The monoisotopic (exact) mass is 357 g/mol. The summed E-state index contributed by atoms with van der Waals surface area (Å²) in [4.78, 5) is 28.3. The summed E-state index contributed by atoms with van der Waals surface area (Å²) in [6, 6.07) is 14.2. The van der Waals surface area contributed by atoms with Gasteiger partial charge in [0.05, 0.1) is 10.6 Å². The molecule has 0 aromatic heterocycles. The zero-order valence-corrected chi connectivity index (χ0v) is 14.9. The van der Waals surface area contributed by atoms with Gasteiger partial charge in [-0.3, -0.25) is 14.9 Å². The average molecular weight is 357 g/mol. The Morgan fingerprint density at radius 2 is 1.92 bits per heavy atom. The Bertz CT molecular complexity index is 795.